The van der Waals surface area contributed by atoms with Gasteiger partial charge in [0.1, 0.15) is 0 Å². The van der Waals surface area contributed by atoms with Crippen molar-refractivity contribution in [3.05, 3.63) is 63.9 Å². The summed E-state index contributed by atoms with van der Waals surface area (Å²) in [5.74, 6) is 0.408. The number of amides is 1. The van der Waals surface area contributed by atoms with Crippen LogP contribution in [0.5, 0.6) is 0 Å². The molecule has 172 valence electrons. The third-order valence-corrected chi connectivity index (χ3v) is 6.81. The van der Waals surface area contributed by atoms with Crippen LogP contribution in [0.2, 0.25) is 0 Å². The SMILES string of the molecule is CCCCCn1c(=O)c2ccccc2n2c(SC(C)C(=O)Nc3cc(C)ccc3C)nnc12. The summed E-state index contributed by atoms with van der Waals surface area (Å²) in [7, 11) is 0. The highest BCUT2D eigenvalue weighted by atomic mass is 32.2. The number of fused-ring (bicyclic) bond motifs is 3. The second-order valence-corrected chi connectivity index (χ2v) is 9.67. The number of anilines is 1. The fourth-order valence-electron chi connectivity index (χ4n) is 3.85. The number of hydrogen-bond acceptors (Lipinski definition) is 5. The Balaban J connectivity index is 1.69. The van der Waals surface area contributed by atoms with Gasteiger partial charge in [-0.3, -0.25) is 18.6 Å². The molecular formula is C25H29N5O2S. The van der Waals surface area contributed by atoms with Crippen molar-refractivity contribution in [2.24, 2.45) is 0 Å². The Morgan fingerprint density at radius 1 is 1.12 bits per heavy atom. The highest BCUT2D eigenvalue weighted by molar-refractivity contribution is 8.00. The van der Waals surface area contributed by atoms with Crippen molar-refractivity contribution >= 4 is 40.0 Å². The fourth-order valence-corrected chi connectivity index (χ4v) is 4.70. The van der Waals surface area contributed by atoms with Crippen LogP contribution in [0.1, 0.15) is 44.2 Å². The van der Waals surface area contributed by atoms with Gasteiger partial charge in [-0.05, 0) is 56.5 Å². The standard InChI is InChI=1S/C25H29N5O2S/c1-5-6-9-14-29-23(32)19-10-7-8-11-21(19)30-24(29)27-28-25(30)33-18(4)22(31)26-20-15-16(2)12-13-17(20)3/h7-8,10-13,15,18H,5-6,9,14H2,1-4H3,(H,26,31). The Morgan fingerprint density at radius 2 is 1.91 bits per heavy atom. The summed E-state index contributed by atoms with van der Waals surface area (Å²) in [6.45, 7) is 8.55. The third kappa shape index (κ3) is 4.66. The van der Waals surface area contributed by atoms with Gasteiger partial charge in [-0.25, -0.2) is 0 Å². The topological polar surface area (TPSA) is 81.3 Å². The summed E-state index contributed by atoms with van der Waals surface area (Å²) in [6, 6.07) is 13.5. The predicted octanol–water partition coefficient (Wildman–Crippen LogP) is 4.97. The fraction of sp³-hybridized carbons (Fsp3) is 0.360. The van der Waals surface area contributed by atoms with E-state index in [1.54, 1.807) is 4.57 Å². The van der Waals surface area contributed by atoms with Gasteiger partial charge in [0.15, 0.2) is 5.16 Å². The minimum absolute atomic E-state index is 0.0566. The zero-order valence-electron chi connectivity index (χ0n) is 19.5. The first-order valence-corrected chi connectivity index (χ1v) is 12.2. The number of aromatic nitrogens is 4. The number of hydrogen-bond donors (Lipinski definition) is 1. The summed E-state index contributed by atoms with van der Waals surface area (Å²) in [5, 5.41) is 12.6. The van der Waals surface area contributed by atoms with Crippen LogP contribution in [0.15, 0.2) is 52.4 Å². The molecule has 2 aromatic heterocycles. The number of carbonyl (C=O) groups is 1. The molecule has 0 spiro atoms. The number of nitrogens with zero attached hydrogens (tertiary/aromatic N) is 4. The average Bonchev–Trinajstić information content (AvgIpc) is 3.22. The first-order valence-electron chi connectivity index (χ1n) is 11.3. The lowest BCUT2D eigenvalue weighted by molar-refractivity contribution is -0.115. The molecule has 1 amide bonds. The largest absolute Gasteiger partial charge is 0.325 e. The van der Waals surface area contributed by atoms with Crippen LogP contribution in [-0.4, -0.2) is 30.3 Å². The van der Waals surface area contributed by atoms with E-state index in [4.69, 9.17) is 0 Å². The first-order chi connectivity index (χ1) is 15.9. The number of benzene rings is 2. The van der Waals surface area contributed by atoms with Crippen LogP contribution in [-0.2, 0) is 11.3 Å². The van der Waals surface area contributed by atoms with E-state index in [1.165, 1.54) is 11.8 Å². The van der Waals surface area contributed by atoms with E-state index < -0.39 is 5.25 Å². The monoisotopic (exact) mass is 463 g/mol. The molecule has 0 aliphatic heterocycles. The Labute approximate surface area is 197 Å². The van der Waals surface area contributed by atoms with Crippen LogP contribution in [0.4, 0.5) is 5.69 Å². The summed E-state index contributed by atoms with van der Waals surface area (Å²) in [6.07, 6.45) is 3.00. The number of thioether (sulfide) groups is 1. The number of nitrogens with one attached hydrogen (secondary N) is 1. The van der Waals surface area contributed by atoms with Crippen molar-refractivity contribution in [2.45, 2.75) is 63.9 Å². The Kier molecular flexibility index (Phi) is 6.83. The van der Waals surface area contributed by atoms with Crippen LogP contribution in [0, 0.1) is 13.8 Å². The quantitative estimate of drug-likeness (QED) is 0.295. The molecule has 0 radical (unpaired) electrons. The van der Waals surface area contributed by atoms with Crippen molar-refractivity contribution in [3.63, 3.8) is 0 Å². The van der Waals surface area contributed by atoms with Gasteiger partial charge in [0.25, 0.3) is 5.56 Å². The Morgan fingerprint density at radius 3 is 2.70 bits per heavy atom. The summed E-state index contributed by atoms with van der Waals surface area (Å²) < 4.78 is 3.60. The van der Waals surface area contributed by atoms with E-state index in [1.807, 2.05) is 67.6 Å². The molecule has 4 rings (SSSR count). The number of carbonyl (C=O) groups excluding carboxylic acids is 1. The van der Waals surface area contributed by atoms with E-state index in [-0.39, 0.29) is 11.5 Å². The molecule has 4 aromatic rings. The Hall–Kier alpha value is -3.13. The maximum Gasteiger partial charge on any atom is 0.262 e. The zero-order chi connectivity index (χ0) is 23.5. The minimum Gasteiger partial charge on any atom is -0.325 e. The van der Waals surface area contributed by atoms with Gasteiger partial charge in [-0.1, -0.05) is 55.8 Å². The average molecular weight is 464 g/mol. The van der Waals surface area contributed by atoms with Crippen LogP contribution in [0.25, 0.3) is 16.7 Å². The summed E-state index contributed by atoms with van der Waals surface area (Å²) >= 11 is 1.34. The van der Waals surface area contributed by atoms with Gasteiger partial charge >= 0.3 is 0 Å². The van der Waals surface area contributed by atoms with Crippen LogP contribution >= 0.6 is 11.8 Å². The lowest BCUT2D eigenvalue weighted by Crippen LogP contribution is -2.24. The number of unbranched alkanes of at least 4 members (excludes halogenated alkanes) is 2. The molecule has 1 atom stereocenters. The van der Waals surface area contributed by atoms with Gasteiger partial charge in [0.2, 0.25) is 11.7 Å². The minimum atomic E-state index is -0.406. The second kappa shape index (κ2) is 9.79. The highest BCUT2D eigenvalue weighted by Crippen LogP contribution is 2.26. The molecule has 1 unspecified atom stereocenters. The normalized spacial score (nSPS) is 12.4. The van der Waals surface area contributed by atoms with Crippen molar-refractivity contribution in [1.82, 2.24) is 19.2 Å². The molecule has 0 aliphatic carbocycles. The van der Waals surface area contributed by atoms with E-state index >= 15 is 0 Å². The van der Waals surface area contributed by atoms with E-state index in [2.05, 4.69) is 22.4 Å². The van der Waals surface area contributed by atoms with Crippen molar-refractivity contribution in [2.75, 3.05) is 5.32 Å². The molecule has 0 aliphatic rings. The molecule has 7 nitrogen and oxygen atoms in total. The summed E-state index contributed by atoms with van der Waals surface area (Å²) in [5.41, 5.74) is 3.61. The number of rotatable bonds is 8. The molecule has 0 saturated heterocycles. The molecular weight excluding hydrogens is 434 g/mol. The van der Waals surface area contributed by atoms with Gasteiger partial charge < -0.3 is 5.32 Å². The molecule has 0 saturated carbocycles. The van der Waals surface area contributed by atoms with E-state index in [9.17, 15) is 9.59 Å². The molecule has 2 aromatic carbocycles. The zero-order valence-corrected chi connectivity index (χ0v) is 20.3. The Bertz CT molecular complexity index is 1370. The van der Waals surface area contributed by atoms with Crippen LogP contribution in [0.3, 0.4) is 0 Å². The summed E-state index contributed by atoms with van der Waals surface area (Å²) in [4.78, 5) is 26.1. The van der Waals surface area contributed by atoms with Crippen molar-refractivity contribution < 1.29 is 4.79 Å². The molecule has 2 heterocycles. The maximum atomic E-state index is 13.1. The molecule has 1 N–H and O–H groups in total. The maximum absolute atomic E-state index is 13.1. The van der Waals surface area contributed by atoms with Gasteiger partial charge in [-0.15, -0.1) is 10.2 Å². The molecule has 0 fully saturated rings. The molecule has 0 bridgehead atoms. The van der Waals surface area contributed by atoms with Crippen molar-refractivity contribution in [1.29, 1.82) is 0 Å². The smallest absolute Gasteiger partial charge is 0.262 e. The number of para-hydroxylation sites is 1. The first kappa shape index (κ1) is 23.0. The van der Waals surface area contributed by atoms with E-state index in [0.29, 0.717) is 22.9 Å². The lowest BCUT2D eigenvalue weighted by atomic mass is 10.1. The van der Waals surface area contributed by atoms with Crippen molar-refractivity contribution in [3.8, 4) is 0 Å². The molecule has 33 heavy (non-hydrogen) atoms. The van der Waals surface area contributed by atoms with Gasteiger partial charge in [0, 0.05) is 12.2 Å². The number of aryl methyl sites for hydroxylation is 3. The lowest BCUT2D eigenvalue weighted by Gasteiger charge is -2.14. The van der Waals surface area contributed by atoms with Crippen LogP contribution < -0.4 is 10.9 Å². The molecule has 8 heteroatoms. The third-order valence-electron chi connectivity index (χ3n) is 5.77. The second-order valence-electron chi connectivity index (χ2n) is 8.37. The van der Waals surface area contributed by atoms with E-state index in [0.717, 1.165) is 41.6 Å². The van der Waals surface area contributed by atoms with Gasteiger partial charge in [-0.2, -0.15) is 0 Å². The van der Waals surface area contributed by atoms with Gasteiger partial charge in [0.05, 0.1) is 16.2 Å². The highest BCUT2D eigenvalue weighted by Gasteiger charge is 2.22. The predicted molar refractivity (Wildman–Crippen MR) is 134 cm³/mol.